The minimum atomic E-state index is 0.0450. The van der Waals surface area contributed by atoms with Crippen LogP contribution in [0.2, 0.25) is 5.02 Å². The van der Waals surface area contributed by atoms with Crippen molar-refractivity contribution in [1.29, 1.82) is 0 Å². The van der Waals surface area contributed by atoms with E-state index in [1.54, 1.807) is 6.20 Å². The zero-order valence-corrected chi connectivity index (χ0v) is 9.09. The van der Waals surface area contributed by atoms with Crippen molar-refractivity contribution in [2.75, 3.05) is 6.54 Å². The molecule has 0 aliphatic rings. The van der Waals surface area contributed by atoms with Crippen LogP contribution in [0.1, 0.15) is 25.1 Å². The molecule has 1 rings (SSSR count). The van der Waals surface area contributed by atoms with Crippen molar-refractivity contribution < 1.29 is 0 Å². The van der Waals surface area contributed by atoms with Gasteiger partial charge < -0.3 is 5.32 Å². The second-order valence-corrected chi connectivity index (χ2v) is 3.45. The van der Waals surface area contributed by atoms with Crippen LogP contribution in [0.5, 0.6) is 0 Å². The summed E-state index contributed by atoms with van der Waals surface area (Å²) in [6.07, 6.45) is 4.64. The fourth-order valence-electron chi connectivity index (χ4n) is 1.22. The Balaban J connectivity index is 2.78. The minimum absolute atomic E-state index is 0.0450. The average Bonchev–Trinajstić information content (AvgIpc) is 2.21. The van der Waals surface area contributed by atoms with Crippen molar-refractivity contribution in [2.24, 2.45) is 0 Å². The highest BCUT2D eigenvalue weighted by atomic mass is 35.5. The largest absolute Gasteiger partial charge is 0.305 e. The van der Waals surface area contributed by atoms with Crippen LogP contribution >= 0.6 is 11.6 Å². The van der Waals surface area contributed by atoms with Crippen LogP contribution in [0.25, 0.3) is 0 Å². The second kappa shape index (κ2) is 5.78. The van der Waals surface area contributed by atoms with Gasteiger partial charge in [-0.3, -0.25) is 4.98 Å². The summed E-state index contributed by atoms with van der Waals surface area (Å²) < 4.78 is 0. The first-order valence-corrected chi connectivity index (χ1v) is 5.13. The fourth-order valence-corrected chi connectivity index (χ4v) is 1.46. The van der Waals surface area contributed by atoms with Crippen molar-refractivity contribution in [2.45, 2.75) is 19.4 Å². The SMILES string of the molecule is C=CC(NCCC)c1ncccc1Cl. The molecular formula is C11H15ClN2. The number of aromatic nitrogens is 1. The molecule has 0 saturated carbocycles. The van der Waals surface area contributed by atoms with Crippen LogP contribution in [-0.2, 0) is 0 Å². The standard InChI is InChI=1S/C11H15ClN2/c1-3-7-13-10(4-2)11-9(12)6-5-8-14-11/h4-6,8,10,13H,2-3,7H2,1H3. The van der Waals surface area contributed by atoms with Crippen molar-refractivity contribution in [1.82, 2.24) is 10.3 Å². The zero-order chi connectivity index (χ0) is 10.4. The Hall–Kier alpha value is -0.860. The molecule has 1 atom stereocenters. The van der Waals surface area contributed by atoms with Gasteiger partial charge in [-0.05, 0) is 25.1 Å². The lowest BCUT2D eigenvalue weighted by atomic mass is 10.2. The molecule has 2 nitrogen and oxygen atoms in total. The van der Waals surface area contributed by atoms with Gasteiger partial charge >= 0.3 is 0 Å². The number of halogens is 1. The van der Waals surface area contributed by atoms with Crippen LogP contribution in [-0.4, -0.2) is 11.5 Å². The third-order valence-electron chi connectivity index (χ3n) is 1.93. The van der Waals surface area contributed by atoms with Crippen molar-refractivity contribution in [3.05, 3.63) is 41.7 Å². The number of hydrogen-bond donors (Lipinski definition) is 1. The maximum absolute atomic E-state index is 6.03. The summed E-state index contributed by atoms with van der Waals surface area (Å²) in [6, 6.07) is 3.71. The topological polar surface area (TPSA) is 24.9 Å². The number of nitrogens with zero attached hydrogens (tertiary/aromatic N) is 1. The highest BCUT2D eigenvalue weighted by Gasteiger charge is 2.10. The first-order chi connectivity index (χ1) is 6.79. The van der Waals surface area contributed by atoms with E-state index in [0.717, 1.165) is 18.7 Å². The van der Waals surface area contributed by atoms with Gasteiger partial charge in [-0.15, -0.1) is 6.58 Å². The van der Waals surface area contributed by atoms with E-state index in [9.17, 15) is 0 Å². The Labute approximate surface area is 90.0 Å². The number of nitrogens with one attached hydrogen (secondary N) is 1. The highest BCUT2D eigenvalue weighted by Crippen LogP contribution is 2.20. The van der Waals surface area contributed by atoms with E-state index in [1.807, 2.05) is 18.2 Å². The summed E-state index contributed by atoms with van der Waals surface area (Å²) in [4.78, 5) is 4.24. The third-order valence-corrected chi connectivity index (χ3v) is 2.25. The van der Waals surface area contributed by atoms with Crippen LogP contribution in [0.15, 0.2) is 31.0 Å². The normalized spacial score (nSPS) is 12.4. The zero-order valence-electron chi connectivity index (χ0n) is 8.33. The van der Waals surface area contributed by atoms with Crippen molar-refractivity contribution >= 4 is 11.6 Å². The summed E-state index contributed by atoms with van der Waals surface area (Å²) in [5.74, 6) is 0. The molecule has 0 spiro atoms. The van der Waals surface area contributed by atoms with E-state index in [1.165, 1.54) is 0 Å². The number of pyridine rings is 1. The summed E-state index contributed by atoms with van der Waals surface area (Å²) in [6.45, 7) is 6.82. The average molecular weight is 211 g/mol. The van der Waals surface area contributed by atoms with Crippen molar-refractivity contribution in [3.63, 3.8) is 0 Å². The van der Waals surface area contributed by atoms with Gasteiger partial charge in [-0.2, -0.15) is 0 Å². The molecule has 1 heterocycles. The smallest absolute Gasteiger partial charge is 0.0798 e. The molecule has 0 aliphatic carbocycles. The molecule has 0 amide bonds. The third kappa shape index (κ3) is 2.82. The highest BCUT2D eigenvalue weighted by molar-refractivity contribution is 6.31. The van der Waals surface area contributed by atoms with Gasteiger partial charge in [0.1, 0.15) is 0 Å². The molecule has 0 aliphatic heterocycles. The molecule has 0 saturated heterocycles. The van der Waals surface area contributed by atoms with E-state index in [4.69, 9.17) is 11.6 Å². The first-order valence-electron chi connectivity index (χ1n) is 4.76. The Bertz CT molecular complexity index is 299. The Kier molecular flexibility index (Phi) is 4.63. The molecule has 0 bridgehead atoms. The summed E-state index contributed by atoms with van der Waals surface area (Å²) in [5, 5.41) is 3.99. The van der Waals surface area contributed by atoms with Crippen LogP contribution in [0, 0.1) is 0 Å². The maximum Gasteiger partial charge on any atom is 0.0798 e. The van der Waals surface area contributed by atoms with Gasteiger partial charge in [0, 0.05) is 6.20 Å². The predicted molar refractivity (Wildman–Crippen MR) is 60.5 cm³/mol. The van der Waals surface area contributed by atoms with Gasteiger partial charge in [0.15, 0.2) is 0 Å². The molecule has 1 aromatic rings. The molecule has 0 radical (unpaired) electrons. The predicted octanol–water partition coefficient (Wildman–Crippen LogP) is 2.96. The summed E-state index contributed by atoms with van der Waals surface area (Å²) >= 11 is 6.03. The minimum Gasteiger partial charge on any atom is -0.305 e. The van der Waals surface area contributed by atoms with E-state index in [-0.39, 0.29) is 6.04 Å². The lowest BCUT2D eigenvalue weighted by Crippen LogP contribution is -2.21. The monoisotopic (exact) mass is 210 g/mol. The van der Waals surface area contributed by atoms with Gasteiger partial charge in [0.05, 0.1) is 16.8 Å². The Morgan fingerprint density at radius 3 is 3.07 bits per heavy atom. The molecule has 0 aromatic carbocycles. The van der Waals surface area contributed by atoms with Crippen LogP contribution < -0.4 is 5.32 Å². The van der Waals surface area contributed by atoms with Crippen LogP contribution in [0.4, 0.5) is 0 Å². The van der Waals surface area contributed by atoms with Gasteiger partial charge in [-0.25, -0.2) is 0 Å². The maximum atomic E-state index is 6.03. The lowest BCUT2D eigenvalue weighted by Gasteiger charge is -2.14. The molecule has 76 valence electrons. The van der Waals surface area contributed by atoms with Gasteiger partial charge in [0.2, 0.25) is 0 Å². The first kappa shape index (κ1) is 11.2. The lowest BCUT2D eigenvalue weighted by molar-refractivity contribution is 0.601. The van der Waals surface area contributed by atoms with Crippen LogP contribution in [0.3, 0.4) is 0 Å². The summed E-state index contributed by atoms with van der Waals surface area (Å²) in [5.41, 5.74) is 0.845. The van der Waals surface area contributed by atoms with Gasteiger partial charge in [-0.1, -0.05) is 24.6 Å². The molecule has 1 aromatic heterocycles. The molecule has 1 N–H and O–H groups in total. The van der Waals surface area contributed by atoms with Gasteiger partial charge in [0.25, 0.3) is 0 Å². The van der Waals surface area contributed by atoms with E-state index < -0.39 is 0 Å². The Morgan fingerprint density at radius 1 is 1.71 bits per heavy atom. The quantitative estimate of drug-likeness (QED) is 0.756. The molecule has 1 unspecified atom stereocenters. The Morgan fingerprint density at radius 2 is 2.50 bits per heavy atom. The fraction of sp³-hybridized carbons (Fsp3) is 0.364. The number of rotatable bonds is 5. The van der Waals surface area contributed by atoms with E-state index in [0.29, 0.717) is 5.02 Å². The molecular weight excluding hydrogens is 196 g/mol. The molecule has 3 heteroatoms. The number of hydrogen-bond acceptors (Lipinski definition) is 2. The van der Waals surface area contributed by atoms with E-state index in [2.05, 4.69) is 23.8 Å². The molecule has 0 fully saturated rings. The van der Waals surface area contributed by atoms with E-state index >= 15 is 0 Å². The molecule has 14 heavy (non-hydrogen) atoms. The second-order valence-electron chi connectivity index (χ2n) is 3.04. The summed E-state index contributed by atoms with van der Waals surface area (Å²) in [7, 11) is 0. The van der Waals surface area contributed by atoms with Crippen molar-refractivity contribution in [3.8, 4) is 0 Å².